The van der Waals surface area contributed by atoms with Gasteiger partial charge in [0, 0.05) is 18.7 Å². The van der Waals surface area contributed by atoms with Crippen molar-refractivity contribution < 1.29 is 9.84 Å². The van der Waals surface area contributed by atoms with Crippen LogP contribution in [0, 0.1) is 0 Å². The lowest BCUT2D eigenvalue weighted by Gasteiger charge is -2.31. The number of aliphatic hydroxyl groups is 1. The molecular weight excluding hydrogens is 166 g/mol. The molecule has 2 rings (SSSR count). The third-order valence-corrected chi connectivity index (χ3v) is 3.27. The van der Waals surface area contributed by atoms with E-state index in [1.807, 2.05) is 6.92 Å². The van der Waals surface area contributed by atoms with Gasteiger partial charge in [-0.3, -0.25) is 4.90 Å². The van der Waals surface area contributed by atoms with Crippen LogP contribution in [0.1, 0.15) is 26.2 Å². The molecule has 0 bridgehead atoms. The molecule has 1 unspecified atom stereocenters. The predicted molar refractivity (Wildman–Crippen MR) is 50.6 cm³/mol. The molecule has 2 heterocycles. The van der Waals surface area contributed by atoms with Crippen molar-refractivity contribution in [1.82, 2.24) is 4.90 Å². The Morgan fingerprint density at radius 2 is 2.31 bits per heavy atom. The molecule has 2 aliphatic rings. The fourth-order valence-corrected chi connectivity index (χ4v) is 2.57. The minimum absolute atomic E-state index is 0.192. The van der Waals surface area contributed by atoms with Crippen molar-refractivity contribution in [3.05, 3.63) is 0 Å². The minimum atomic E-state index is -0.192. The number of nitrogens with zero attached hydrogens (tertiary/aromatic N) is 1. The van der Waals surface area contributed by atoms with Crippen LogP contribution in [0.5, 0.6) is 0 Å². The SMILES string of the molecule is C[C@H](O)C1CCCN1[C@@H]1CCOC1. The van der Waals surface area contributed by atoms with E-state index in [2.05, 4.69) is 4.90 Å². The molecule has 3 nitrogen and oxygen atoms in total. The topological polar surface area (TPSA) is 32.7 Å². The summed E-state index contributed by atoms with van der Waals surface area (Å²) in [7, 11) is 0. The summed E-state index contributed by atoms with van der Waals surface area (Å²) in [5.41, 5.74) is 0. The van der Waals surface area contributed by atoms with Crippen molar-refractivity contribution in [3.8, 4) is 0 Å². The zero-order valence-corrected chi connectivity index (χ0v) is 8.28. The number of hydrogen-bond acceptors (Lipinski definition) is 3. The van der Waals surface area contributed by atoms with Gasteiger partial charge in [0.1, 0.15) is 0 Å². The first-order valence-corrected chi connectivity index (χ1v) is 5.30. The smallest absolute Gasteiger partial charge is 0.0667 e. The second-order valence-electron chi connectivity index (χ2n) is 4.21. The molecule has 0 aromatic rings. The third-order valence-electron chi connectivity index (χ3n) is 3.27. The van der Waals surface area contributed by atoms with E-state index in [1.165, 1.54) is 6.42 Å². The van der Waals surface area contributed by atoms with E-state index in [9.17, 15) is 5.11 Å². The minimum Gasteiger partial charge on any atom is -0.392 e. The van der Waals surface area contributed by atoms with Crippen LogP contribution < -0.4 is 0 Å². The Morgan fingerprint density at radius 3 is 2.92 bits per heavy atom. The first kappa shape index (κ1) is 9.44. The standard InChI is InChI=1S/C10H19NO2/c1-8(12)10-3-2-5-11(10)9-4-6-13-7-9/h8-10,12H,2-7H2,1H3/t8-,9+,10?/m0/s1. The summed E-state index contributed by atoms with van der Waals surface area (Å²) in [4.78, 5) is 2.44. The van der Waals surface area contributed by atoms with Gasteiger partial charge < -0.3 is 9.84 Å². The molecule has 0 aliphatic carbocycles. The fraction of sp³-hybridized carbons (Fsp3) is 1.00. The highest BCUT2D eigenvalue weighted by molar-refractivity contribution is 4.89. The molecule has 13 heavy (non-hydrogen) atoms. The van der Waals surface area contributed by atoms with Crippen molar-refractivity contribution in [2.24, 2.45) is 0 Å². The average molecular weight is 185 g/mol. The highest BCUT2D eigenvalue weighted by Crippen LogP contribution is 2.26. The second kappa shape index (κ2) is 3.95. The zero-order chi connectivity index (χ0) is 9.26. The van der Waals surface area contributed by atoms with E-state index < -0.39 is 0 Å². The fourth-order valence-electron chi connectivity index (χ4n) is 2.57. The Labute approximate surface area is 79.7 Å². The maximum Gasteiger partial charge on any atom is 0.0667 e. The molecule has 2 aliphatic heterocycles. The maximum absolute atomic E-state index is 9.60. The Morgan fingerprint density at radius 1 is 1.46 bits per heavy atom. The van der Waals surface area contributed by atoms with Crippen LogP contribution in [0.25, 0.3) is 0 Å². The van der Waals surface area contributed by atoms with E-state index in [1.54, 1.807) is 0 Å². The zero-order valence-electron chi connectivity index (χ0n) is 8.28. The van der Waals surface area contributed by atoms with E-state index in [0.29, 0.717) is 12.1 Å². The van der Waals surface area contributed by atoms with Crippen molar-refractivity contribution in [2.75, 3.05) is 19.8 Å². The van der Waals surface area contributed by atoms with E-state index in [0.717, 1.165) is 32.6 Å². The first-order chi connectivity index (χ1) is 6.29. The summed E-state index contributed by atoms with van der Waals surface area (Å²) in [5, 5.41) is 9.60. The Hall–Kier alpha value is -0.120. The molecular formula is C10H19NO2. The van der Waals surface area contributed by atoms with Gasteiger partial charge in [0.05, 0.1) is 12.7 Å². The van der Waals surface area contributed by atoms with Crippen molar-refractivity contribution in [3.63, 3.8) is 0 Å². The summed E-state index contributed by atoms with van der Waals surface area (Å²) < 4.78 is 5.37. The molecule has 3 atom stereocenters. The lowest BCUT2D eigenvalue weighted by molar-refractivity contribution is 0.0557. The quantitative estimate of drug-likeness (QED) is 0.684. The second-order valence-corrected chi connectivity index (χ2v) is 4.21. The predicted octanol–water partition coefficient (Wildman–Crippen LogP) is 0.621. The highest BCUT2D eigenvalue weighted by atomic mass is 16.5. The van der Waals surface area contributed by atoms with Gasteiger partial charge in [-0.25, -0.2) is 0 Å². The van der Waals surface area contributed by atoms with Crippen LogP contribution in [-0.4, -0.2) is 48.0 Å². The number of aliphatic hydroxyl groups excluding tert-OH is 1. The van der Waals surface area contributed by atoms with Gasteiger partial charge in [-0.05, 0) is 32.7 Å². The van der Waals surface area contributed by atoms with Crippen LogP contribution >= 0.6 is 0 Å². The van der Waals surface area contributed by atoms with Crippen molar-refractivity contribution in [1.29, 1.82) is 0 Å². The Bertz CT molecular complexity index is 166. The monoisotopic (exact) mass is 185 g/mol. The molecule has 3 heteroatoms. The molecule has 76 valence electrons. The molecule has 0 saturated carbocycles. The largest absolute Gasteiger partial charge is 0.392 e. The molecule has 0 radical (unpaired) electrons. The summed E-state index contributed by atoms with van der Waals surface area (Å²) in [5.74, 6) is 0. The molecule has 0 aromatic carbocycles. The Kier molecular flexibility index (Phi) is 2.86. The Balaban J connectivity index is 1.96. The van der Waals surface area contributed by atoms with Gasteiger partial charge in [-0.1, -0.05) is 0 Å². The number of likely N-dealkylation sites (tertiary alicyclic amines) is 1. The van der Waals surface area contributed by atoms with Crippen LogP contribution in [-0.2, 0) is 4.74 Å². The molecule has 2 saturated heterocycles. The molecule has 0 spiro atoms. The van der Waals surface area contributed by atoms with Crippen molar-refractivity contribution in [2.45, 2.75) is 44.4 Å². The molecule has 1 N–H and O–H groups in total. The van der Waals surface area contributed by atoms with Gasteiger partial charge >= 0.3 is 0 Å². The van der Waals surface area contributed by atoms with Gasteiger partial charge in [-0.2, -0.15) is 0 Å². The summed E-state index contributed by atoms with van der Waals surface area (Å²) in [6.45, 7) is 4.80. The van der Waals surface area contributed by atoms with Crippen LogP contribution in [0.3, 0.4) is 0 Å². The summed E-state index contributed by atoms with van der Waals surface area (Å²) >= 11 is 0. The van der Waals surface area contributed by atoms with Gasteiger partial charge in [0.15, 0.2) is 0 Å². The highest BCUT2D eigenvalue weighted by Gasteiger charge is 2.34. The van der Waals surface area contributed by atoms with Crippen LogP contribution in [0.4, 0.5) is 0 Å². The van der Waals surface area contributed by atoms with Gasteiger partial charge in [0.25, 0.3) is 0 Å². The average Bonchev–Trinajstić information content (AvgIpc) is 2.74. The van der Waals surface area contributed by atoms with Gasteiger partial charge in [0.2, 0.25) is 0 Å². The lowest BCUT2D eigenvalue weighted by Crippen LogP contribution is -2.44. The third kappa shape index (κ3) is 1.87. The normalized spacial score (nSPS) is 38.3. The number of rotatable bonds is 2. The van der Waals surface area contributed by atoms with E-state index in [-0.39, 0.29) is 6.10 Å². The number of ether oxygens (including phenoxy) is 1. The molecule has 0 aromatic heterocycles. The molecule has 2 fully saturated rings. The van der Waals surface area contributed by atoms with E-state index in [4.69, 9.17) is 4.74 Å². The number of hydrogen-bond donors (Lipinski definition) is 1. The van der Waals surface area contributed by atoms with Crippen LogP contribution in [0.15, 0.2) is 0 Å². The maximum atomic E-state index is 9.60. The van der Waals surface area contributed by atoms with Crippen molar-refractivity contribution >= 4 is 0 Å². The molecule has 0 amide bonds. The van der Waals surface area contributed by atoms with Gasteiger partial charge in [-0.15, -0.1) is 0 Å². The lowest BCUT2D eigenvalue weighted by atomic mass is 10.1. The van der Waals surface area contributed by atoms with Crippen LogP contribution in [0.2, 0.25) is 0 Å². The summed E-state index contributed by atoms with van der Waals surface area (Å²) in [6.07, 6.45) is 3.33. The van der Waals surface area contributed by atoms with E-state index >= 15 is 0 Å². The first-order valence-electron chi connectivity index (χ1n) is 5.30. The summed E-state index contributed by atoms with van der Waals surface area (Å²) in [6, 6.07) is 0.953.